The normalized spacial score (nSPS) is 21.0. The Balaban J connectivity index is 1.56. The Morgan fingerprint density at radius 1 is 1.16 bits per heavy atom. The summed E-state index contributed by atoms with van der Waals surface area (Å²) in [4.78, 5) is 19.3. The molecule has 2 atom stereocenters. The van der Waals surface area contributed by atoms with E-state index in [2.05, 4.69) is 34.1 Å². The van der Waals surface area contributed by atoms with Crippen LogP contribution in [-0.4, -0.2) is 33.4 Å². The molecule has 5 heteroatoms. The lowest BCUT2D eigenvalue weighted by Crippen LogP contribution is -2.29. The van der Waals surface area contributed by atoms with E-state index in [1.807, 2.05) is 31.3 Å². The lowest BCUT2D eigenvalue weighted by atomic mass is 9.95. The maximum atomic E-state index is 12.4. The molecule has 0 amide bonds. The summed E-state index contributed by atoms with van der Waals surface area (Å²) in [6.07, 6.45) is 1.83. The van der Waals surface area contributed by atoms with Gasteiger partial charge in [-0.15, -0.1) is 0 Å². The Labute approximate surface area is 146 Å². The van der Waals surface area contributed by atoms with Gasteiger partial charge >= 0.3 is 0 Å². The zero-order chi connectivity index (χ0) is 17.4. The third-order valence-electron chi connectivity index (χ3n) is 4.91. The van der Waals surface area contributed by atoms with E-state index in [-0.39, 0.29) is 11.6 Å². The summed E-state index contributed by atoms with van der Waals surface area (Å²) < 4.78 is 1.60. The maximum absolute atomic E-state index is 12.4. The van der Waals surface area contributed by atoms with E-state index in [9.17, 15) is 4.79 Å². The average molecular weight is 334 g/mol. The van der Waals surface area contributed by atoms with E-state index in [1.54, 1.807) is 10.5 Å². The molecule has 25 heavy (non-hydrogen) atoms. The summed E-state index contributed by atoms with van der Waals surface area (Å²) in [6.45, 7) is 4.32. The minimum absolute atomic E-state index is 0.0354. The van der Waals surface area contributed by atoms with Gasteiger partial charge in [-0.25, -0.2) is 4.98 Å². The van der Waals surface area contributed by atoms with Crippen LogP contribution in [0.3, 0.4) is 0 Å². The van der Waals surface area contributed by atoms with Crippen molar-refractivity contribution >= 4 is 5.65 Å². The van der Waals surface area contributed by atoms with Crippen molar-refractivity contribution < 1.29 is 0 Å². The highest BCUT2D eigenvalue weighted by Crippen LogP contribution is 2.27. The van der Waals surface area contributed by atoms with E-state index < -0.39 is 0 Å². The minimum atomic E-state index is -0.0354. The van der Waals surface area contributed by atoms with Crippen LogP contribution >= 0.6 is 0 Å². The Hall–Kier alpha value is -2.50. The zero-order valence-electron chi connectivity index (χ0n) is 14.3. The molecule has 3 aromatic rings. The molecule has 0 radical (unpaired) electrons. The number of benzene rings is 1. The number of nitrogens with two attached hydrogens (primary N) is 1. The predicted octanol–water partition coefficient (Wildman–Crippen LogP) is 1.93. The van der Waals surface area contributed by atoms with Gasteiger partial charge in [-0.05, 0) is 24.1 Å². The molecule has 0 aliphatic carbocycles. The number of pyridine rings is 1. The smallest absolute Gasteiger partial charge is 0.258 e. The van der Waals surface area contributed by atoms with Crippen LogP contribution in [0.4, 0.5) is 0 Å². The highest BCUT2D eigenvalue weighted by molar-refractivity contribution is 5.40. The first kappa shape index (κ1) is 16.0. The first-order chi connectivity index (χ1) is 12.1. The fraction of sp³-hybridized carbons (Fsp3) is 0.300. The van der Waals surface area contributed by atoms with Crippen molar-refractivity contribution in [2.45, 2.75) is 25.4 Å². The fourth-order valence-corrected chi connectivity index (χ4v) is 3.66. The van der Waals surface area contributed by atoms with Gasteiger partial charge in [0.15, 0.2) is 0 Å². The average Bonchev–Trinajstić information content (AvgIpc) is 2.97. The third kappa shape index (κ3) is 3.21. The second-order valence-electron chi connectivity index (χ2n) is 6.90. The molecule has 0 bridgehead atoms. The van der Waals surface area contributed by atoms with Gasteiger partial charge in [0, 0.05) is 43.9 Å². The van der Waals surface area contributed by atoms with Gasteiger partial charge in [-0.3, -0.25) is 14.1 Å². The summed E-state index contributed by atoms with van der Waals surface area (Å²) in [6, 6.07) is 16.0. The van der Waals surface area contributed by atoms with Crippen LogP contribution in [0.25, 0.3) is 5.65 Å². The van der Waals surface area contributed by atoms with Gasteiger partial charge in [-0.1, -0.05) is 36.4 Å². The van der Waals surface area contributed by atoms with Crippen molar-refractivity contribution in [3.05, 3.63) is 81.9 Å². The van der Waals surface area contributed by atoms with Crippen molar-refractivity contribution in [1.82, 2.24) is 14.3 Å². The molecule has 0 unspecified atom stereocenters. The highest BCUT2D eigenvalue weighted by atomic mass is 16.1. The maximum Gasteiger partial charge on any atom is 0.258 e. The molecule has 0 spiro atoms. The largest absolute Gasteiger partial charge is 0.326 e. The summed E-state index contributed by atoms with van der Waals surface area (Å²) in [5, 5.41) is 0. The quantitative estimate of drug-likeness (QED) is 0.795. The number of aromatic nitrogens is 2. The van der Waals surface area contributed by atoms with Gasteiger partial charge in [0.2, 0.25) is 0 Å². The molecule has 1 fully saturated rings. The number of hydrogen-bond acceptors (Lipinski definition) is 4. The molecule has 1 aliphatic rings. The Morgan fingerprint density at radius 2 is 1.96 bits per heavy atom. The van der Waals surface area contributed by atoms with E-state index in [0.29, 0.717) is 18.1 Å². The Kier molecular flexibility index (Phi) is 4.11. The number of aryl methyl sites for hydroxylation is 1. The zero-order valence-corrected chi connectivity index (χ0v) is 14.3. The number of likely N-dealkylation sites (tertiary alicyclic amines) is 1. The fourth-order valence-electron chi connectivity index (χ4n) is 3.66. The van der Waals surface area contributed by atoms with Crippen LogP contribution in [0.5, 0.6) is 0 Å². The second kappa shape index (κ2) is 6.43. The molecule has 2 aromatic heterocycles. The van der Waals surface area contributed by atoms with Crippen LogP contribution in [0.15, 0.2) is 59.5 Å². The Bertz CT molecular complexity index is 951. The van der Waals surface area contributed by atoms with Gasteiger partial charge in [0.25, 0.3) is 5.56 Å². The minimum Gasteiger partial charge on any atom is -0.326 e. The third-order valence-corrected chi connectivity index (χ3v) is 4.91. The summed E-state index contributed by atoms with van der Waals surface area (Å²) in [7, 11) is 0. The number of hydrogen-bond donors (Lipinski definition) is 1. The molecule has 5 nitrogen and oxygen atoms in total. The molecule has 1 aromatic carbocycles. The SMILES string of the molecule is Cc1ccc2nc(CN3C[C@@H](N)[C@H](c4ccccc4)C3)cc(=O)n2c1. The van der Waals surface area contributed by atoms with E-state index >= 15 is 0 Å². The van der Waals surface area contributed by atoms with Gasteiger partial charge in [-0.2, -0.15) is 0 Å². The predicted molar refractivity (Wildman–Crippen MR) is 98.6 cm³/mol. The molecule has 3 heterocycles. The molecular weight excluding hydrogens is 312 g/mol. The lowest BCUT2D eigenvalue weighted by Gasteiger charge is -2.16. The lowest BCUT2D eigenvalue weighted by molar-refractivity contribution is 0.319. The van der Waals surface area contributed by atoms with Gasteiger partial charge in [0.1, 0.15) is 5.65 Å². The first-order valence-corrected chi connectivity index (χ1v) is 8.62. The number of nitrogens with zero attached hydrogens (tertiary/aromatic N) is 3. The summed E-state index contributed by atoms with van der Waals surface area (Å²) in [5.74, 6) is 0.324. The molecular formula is C20H22N4O. The topological polar surface area (TPSA) is 63.6 Å². The van der Waals surface area contributed by atoms with Crippen molar-refractivity contribution in [1.29, 1.82) is 0 Å². The first-order valence-electron chi connectivity index (χ1n) is 8.62. The molecule has 1 saturated heterocycles. The molecule has 4 rings (SSSR count). The molecule has 1 aliphatic heterocycles. The van der Waals surface area contributed by atoms with Crippen LogP contribution in [0.1, 0.15) is 22.7 Å². The summed E-state index contributed by atoms with van der Waals surface area (Å²) >= 11 is 0. The van der Waals surface area contributed by atoms with E-state index in [0.717, 1.165) is 24.3 Å². The molecule has 0 saturated carbocycles. The monoisotopic (exact) mass is 334 g/mol. The number of rotatable bonds is 3. The van der Waals surface area contributed by atoms with Crippen LogP contribution < -0.4 is 11.3 Å². The van der Waals surface area contributed by atoms with E-state index in [4.69, 9.17) is 5.73 Å². The molecule has 2 N–H and O–H groups in total. The molecule has 128 valence electrons. The van der Waals surface area contributed by atoms with E-state index in [1.165, 1.54) is 5.56 Å². The van der Waals surface area contributed by atoms with Crippen molar-refractivity contribution in [3.63, 3.8) is 0 Å². The van der Waals surface area contributed by atoms with Crippen molar-refractivity contribution in [2.75, 3.05) is 13.1 Å². The Morgan fingerprint density at radius 3 is 2.76 bits per heavy atom. The standard InChI is InChI=1S/C20H22N4O/c1-14-7-8-19-22-16(9-20(25)24(19)10-14)11-23-12-17(18(21)13-23)15-5-3-2-4-6-15/h2-10,17-18H,11-13,21H2,1H3/t17-,18+/m0/s1. The second-order valence-corrected chi connectivity index (χ2v) is 6.90. The van der Waals surface area contributed by atoms with Gasteiger partial charge in [0.05, 0.1) is 5.69 Å². The highest BCUT2D eigenvalue weighted by Gasteiger charge is 2.31. The van der Waals surface area contributed by atoms with Crippen molar-refractivity contribution in [3.8, 4) is 0 Å². The van der Waals surface area contributed by atoms with Crippen LogP contribution in [-0.2, 0) is 6.54 Å². The van der Waals surface area contributed by atoms with Crippen LogP contribution in [0.2, 0.25) is 0 Å². The van der Waals surface area contributed by atoms with Gasteiger partial charge < -0.3 is 5.73 Å². The van der Waals surface area contributed by atoms with Crippen molar-refractivity contribution in [2.24, 2.45) is 5.73 Å². The van der Waals surface area contributed by atoms with Crippen LogP contribution in [0, 0.1) is 6.92 Å². The number of fused-ring (bicyclic) bond motifs is 1. The summed E-state index contributed by atoms with van der Waals surface area (Å²) in [5.41, 5.74) is 10.1.